The molecule has 3 heterocycles. The number of carbonyl (C=O) groups is 1. The van der Waals surface area contributed by atoms with Crippen molar-refractivity contribution in [1.29, 1.82) is 0 Å². The van der Waals surface area contributed by atoms with Gasteiger partial charge in [-0.05, 0) is 37.1 Å². The predicted octanol–water partition coefficient (Wildman–Crippen LogP) is 4.10. The van der Waals surface area contributed by atoms with Crippen LogP contribution in [0.2, 0.25) is 5.02 Å². The van der Waals surface area contributed by atoms with Crippen LogP contribution in [0.5, 0.6) is 11.5 Å². The highest BCUT2D eigenvalue weighted by Crippen LogP contribution is 2.37. The van der Waals surface area contributed by atoms with Gasteiger partial charge in [0.15, 0.2) is 11.6 Å². The normalized spacial score (nSPS) is 15.4. The van der Waals surface area contributed by atoms with Gasteiger partial charge in [0.2, 0.25) is 11.7 Å². The fourth-order valence-corrected chi connectivity index (χ4v) is 4.40. The molecule has 0 N–H and O–H groups in total. The number of para-hydroxylation sites is 1. The van der Waals surface area contributed by atoms with Crippen LogP contribution in [0.4, 0.5) is 4.39 Å². The van der Waals surface area contributed by atoms with E-state index < -0.39 is 11.9 Å². The minimum atomic E-state index is -0.537. The van der Waals surface area contributed by atoms with Gasteiger partial charge in [0, 0.05) is 6.54 Å². The Morgan fingerprint density at radius 2 is 2.00 bits per heavy atom. The van der Waals surface area contributed by atoms with E-state index >= 15 is 0 Å². The molecule has 0 bridgehead atoms. The van der Waals surface area contributed by atoms with Crippen molar-refractivity contribution in [3.63, 3.8) is 0 Å². The molecule has 1 atom stereocenters. The number of rotatable bonds is 6. The van der Waals surface area contributed by atoms with Gasteiger partial charge in [0.05, 0.1) is 42.8 Å². The Bertz CT molecular complexity index is 1380. The highest BCUT2D eigenvalue weighted by atomic mass is 35.5. The smallest absolute Gasteiger partial charge is 0.256 e. The third-order valence-electron chi connectivity index (χ3n) is 5.79. The number of likely N-dealkylation sites (tertiary alicyclic amines) is 1. The van der Waals surface area contributed by atoms with E-state index in [4.69, 9.17) is 25.6 Å². The van der Waals surface area contributed by atoms with Crippen molar-refractivity contribution in [2.24, 2.45) is 0 Å². The molecule has 0 radical (unpaired) electrons. The van der Waals surface area contributed by atoms with Crippen LogP contribution in [0.1, 0.15) is 35.1 Å². The summed E-state index contributed by atoms with van der Waals surface area (Å²) in [7, 11) is 2.84. The topological polar surface area (TPSA) is 108 Å². The molecule has 4 aromatic rings. The Kier molecular flexibility index (Phi) is 6.08. The zero-order valence-electron chi connectivity index (χ0n) is 18.8. The molecule has 0 saturated carbocycles. The molecule has 0 spiro atoms. The van der Waals surface area contributed by atoms with Crippen molar-refractivity contribution in [2.75, 3.05) is 20.8 Å². The van der Waals surface area contributed by atoms with E-state index in [2.05, 4.69) is 20.3 Å². The lowest BCUT2D eigenvalue weighted by Gasteiger charge is -2.23. The predicted molar refractivity (Wildman–Crippen MR) is 122 cm³/mol. The maximum atomic E-state index is 14.1. The summed E-state index contributed by atoms with van der Waals surface area (Å²) in [5.41, 5.74) is 1.07. The highest BCUT2D eigenvalue weighted by molar-refractivity contribution is 6.32. The lowest BCUT2D eigenvalue weighted by atomic mass is 10.1. The monoisotopic (exact) mass is 498 g/mol. The number of carbonyl (C=O) groups excluding carboxylic acids is 1. The Hall–Kier alpha value is -3.99. The van der Waals surface area contributed by atoms with Crippen LogP contribution in [-0.4, -0.2) is 56.7 Å². The zero-order chi connectivity index (χ0) is 24.5. The molecule has 1 aliphatic heterocycles. The van der Waals surface area contributed by atoms with Gasteiger partial charge in [0.1, 0.15) is 17.5 Å². The quantitative estimate of drug-likeness (QED) is 0.391. The molecule has 1 amide bonds. The summed E-state index contributed by atoms with van der Waals surface area (Å²) in [6, 6.07) is 7.14. The Morgan fingerprint density at radius 3 is 2.74 bits per heavy atom. The Balaban J connectivity index is 1.50. The van der Waals surface area contributed by atoms with E-state index in [0.29, 0.717) is 40.6 Å². The first kappa shape index (κ1) is 22.8. The molecule has 1 aliphatic rings. The fourth-order valence-electron chi connectivity index (χ4n) is 4.17. The van der Waals surface area contributed by atoms with Gasteiger partial charge in [-0.2, -0.15) is 20.0 Å². The number of nitrogens with zero attached hydrogens (tertiary/aromatic N) is 6. The van der Waals surface area contributed by atoms with E-state index in [1.165, 1.54) is 43.5 Å². The zero-order valence-corrected chi connectivity index (χ0v) is 19.6. The first-order chi connectivity index (χ1) is 17.0. The number of hydrogen-bond acceptors (Lipinski definition) is 8. The molecule has 12 heteroatoms. The van der Waals surface area contributed by atoms with Crippen molar-refractivity contribution in [3.8, 4) is 28.6 Å². The SMILES string of the molecule is COc1cc(C(=O)N2CCCC2c2nc(-c3cccc(F)c3OC)no2)c(-n2nccn2)cc1Cl. The molecule has 1 saturated heterocycles. The number of hydrogen-bond donors (Lipinski definition) is 0. The second-order valence-electron chi connectivity index (χ2n) is 7.76. The molecule has 2 aromatic carbocycles. The number of aromatic nitrogens is 5. The molecule has 180 valence electrons. The van der Waals surface area contributed by atoms with E-state index in [1.807, 2.05) is 0 Å². The summed E-state index contributed by atoms with van der Waals surface area (Å²) in [6.45, 7) is 0.474. The van der Waals surface area contributed by atoms with Gasteiger partial charge in [-0.3, -0.25) is 4.79 Å². The van der Waals surface area contributed by atoms with E-state index in [1.54, 1.807) is 23.1 Å². The summed E-state index contributed by atoms with van der Waals surface area (Å²) in [5.74, 6) is -0.0470. The van der Waals surface area contributed by atoms with Crippen LogP contribution in [0.15, 0.2) is 47.2 Å². The lowest BCUT2D eigenvalue weighted by Crippen LogP contribution is -2.31. The van der Waals surface area contributed by atoms with Gasteiger partial charge < -0.3 is 18.9 Å². The second-order valence-corrected chi connectivity index (χ2v) is 8.16. The summed E-state index contributed by atoms with van der Waals surface area (Å²) in [4.78, 5) is 21.2. The number of methoxy groups -OCH3 is 2. The van der Waals surface area contributed by atoms with Gasteiger partial charge in [-0.25, -0.2) is 4.39 Å². The minimum Gasteiger partial charge on any atom is -0.495 e. The van der Waals surface area contributed by atoms with Crippen molar-refractivity contribution < 1.29 is 23.2 Å². The first-order valence-electron chi connectivity index (χ1n) is 10.7. The lowest BCUT2D eigenvalue weighted by molar-refractivity contribution is 0.0709. The highest BCUT2D eigenvalue weighted by Gasteiger charge is 2.36. The molecular formula is C23H20ClFN6O4. The van der Waals surface area contributed by atoms with Crippen LogP contribution in [0, 0.1) is 5.82 Å². The third kappa shape index (κ3) is 4.08. The summed E-state index contributed by atoms with van der Waals surface area (Å²) < 4.78 is 30.2. The molecule has 1 fully saturated rings. The van der Waals surface area contributed by atoms with E-state index in [0.717, 1.165) is 6.42 Å². The maximum Gasteiger partial charge on any atom is 0.256 e. The number of amides is 1. The standard InChI is InChI=1S/C23H20ClFN6O4/c1-33-19-11-14(18(12-15(19)24)31-26-8-9-27-31)23(32)30-10-4-7-17(30)22-28-21(29-35-22)13-5-3-6-16(25)20(13)34-2/h3,5-6,8-9,11-12,17H,4,7,10H2,1-2H3. The van der Waals surface area contributed by atoms with Crippen molar-refractivity contribution in [1.82, 2.24) is 30.0 Å². The average Bonchev–Trinajstić information content (AvgIpc) is 3.64. The Labute approximate surface area is 204 Å². The third-order valence-corrected chi connectivity index (χ3v) is 6.08. The Morgan fingerprint density at radius 1 is 1.20 bits per heavy atom. The first-order valence-corrected chi connectivity index (χ1v) is 11.1. The van der Waals surface area contributed by atoms with Crippen LogP contribution < -0.4 is 9.47 Å². The molecule has 35 heavy (non-hydrogen) atoms. The van der Waals surface area contributed by atoms with Gasteiger partial charge in [-0.1, -0.05) is 22.8 Å². The summed E-state index contributed by atoms with van der Waals surface area (Å²) in [5, 5.41) is 12.6. The summed E-state index contributed by atoms with van der Waals surface area (Å²) >= 11 is 6.32. The van der Waals surface area contributed by atoms with Crippen molar-refractivity contribution >= 4 is 17.5 Å². The molecule has 10 nitrogen and oxygen atoms in total. The molecular weight excluding hydrogens is 479 g/mol. The number of benzene rings is 2. The fraction of sp³-hybridized carbons (Fsp3) is 0.261. The number of halogens is 2. The summed E-state index contributed by atoms with van der Waals surface area (Å²) in [6.07, 6.45) is 4.36. The van der Waals surface area contributed by atoms with Gasteiger partial charge >= 0.3 is 0 Å². The van der Waals surface area contributed by atoms with Gasteiger partial charge in [-0.15, -0.1) is 0 Å². The van der Waals surface area contributed by atoms with Crippen LogP contribution in [0.3, 0.4) is 0 Å². The molecule has 0 aliphatic carbocycles. The van der Waals surface area contributed by atoms with E-state index in [9.17, 15) is 9.18 Å². The average molecular weight is 499 g/mol. The van der Waals surface area contributed by atoms with Crippen LogP contribution in [0.25, 0.3) is 17.1 Å². The number of ether oxygens (including phenoxy) is 2. The van der Waals surface area contributed by atoms with Crippen LogP contribution >= 0.6 is 11.6 Å². The van der Waals surface area contributed by atoms with Gasteiger partial charge in [0.25, 0.3) is 5.91 Å². The molecule has 1 unspecified atom stereocenters. The maximum absolute atomic E-state index is 14.1. The second kappa shape index (κ2) is 9.34. The minimum absolute atomic E-state index is 0.0174. The van der Waals surface area contributed by atoms with Crippen molar-refractivity contribution in [3.05, 3.63) is 65.0 Å². The molecule has 5 rings (SSSR count). The molecule has 2 aromatic heterocycles. The van der Waals surface area contributed by atoms with Crippen LogP contribution in [-0.2, 0) is 0 Å². The van der Waals surface area contributed by atoms with Crippen molar-refractivity contribution in [2.45, 2.75) is 18.9 Å². The van der Waals surface area contributed by atoms with E-state index in [-0.39, 0.29) is 23.4 Å². The largest absolute Gasteiger partial charge is 0.495 e.